The highest BCUT2D eigenvalue weighted by Crippen LogP contribution is 2.39. The van der Waals surface area contributed by atoms with Crippen LogP contribution in [0, 0.1) is 5.92 Å². The number of benzene rings is 1. The number of amides is 1. The number of hydrogen-bond donors (Lipinski definition) is 2. The van der Waals surface area contributed by atoms with Crippen LogP contribution in [0.2, 0.25) is 5.02 Å². The third-order valence-electron chi connectivity index (χ3n) is 3.42. The molecule has 5 heteroatoms. The zero-order valence-electron chi connectivity index (χ0n) is 10.9. The highest BCUT2D eigenvalue weighted by molar-refractivity contribution is 6.30. The van der Waals surface area contributed by atoms with Gasteiger partial charge in [0, 0.05) is 5.02 Å². The van der Waals surface area contributed by atoms with E-state index in [9.17, 15) is 9.90 Å². The van der Waals surface area contributed by atoms with Crippen LogP contribution in [-0.2, 0) is 4.79 Å². The molecular weight excluding hydrogens is 266 g/mol. The Balaban J connectivity index is 1.82. The Hall–Kier alpha value is -1.26. The van der Waals surface area contributed by atoms with E-state index in [0.717, 1.165) is 12.8 Å². The van der Waals surface area contributed by atoms with E-state index in [1.54, 1.807) is 24.3 Å². The van der Waals surface area contributed by atoms with Crippen molar-refractivity contribution in [1.29, 1.82) is 0 Å². The summed E-state index contributed by atoms with van der Waals surface area (Å²) in [6, 6.07) is 6.83. The molecule has 1 aliphatic rings. The number of aliphatic hydroxyl groups excluding tert-OH is 1. The van der Waals surface area contributed by atoms with Gasteiger partial charge in [-0.25, -0.2) is 0 Å². The summed E-state index contributed by atoms with van der Waals surface area (Å²) in [6.45, 7) is 1.75. The van der Waals surface area contributed by atoms with E-state index in [1.807, 2.05) is 6.92 Å². The van der Waals surface area contributed by atoms with E-state index in [4.69, 9.17) is 16.3 Å². The molecule has 2 N–H and O–H groups in total. The largest absolute Gasteiger partial charge is 0.484 e. The summed E-state index contributed by atoms with van der Waals surface area (Å²) in [4.78, 5) is 11.8. The number of ether oxygens (including phenoxy) is 1. The zero-order valence-corrected chi connectivity index (χ0v) is 11.6. The minimum absolute atomic E-state index is 0.0512. The molecular formula is C14H18ClNO3. The second kappa shape index (κ2) is 5.80. The fraction of sp³-hybridized carbons (Fsp3) is 0.500. The molecule has 2 rings (SSSR count). The van der Waals surface area contributed by atoms with Gasteiger partial charge >= 0.3 is 0 Å². The molecule has 0 aliphatic heterocycles. The van der Waals surface area contributed by atoms with Crippen LogP contribution >= 0.6 is 11.6 Å². The summed E-state index contributed by atoms with van der Waals surface area (Å²) >= 11 is 5.76. The maximum atomic E-state index is 11.8. The van der Waals surface area contributed by atoms with E-state index in [0.29, 0.717) is 16.7 Å². The summed E-state index contributed by atoms with van der Waals surface area (Å²) in [5.74, 6) is 0.743. The SMILES string of the molecule is CC(CO)(NC(=O)COc1ccc(Cl)cc1)C1CC1. The minimum atomic E-state index is -0.527. The van der Waals surface area contributed by atoms with Crippen molar-refractivity contribution >= 4 is 17.5 Å². The number of nitrogens with one attached hydrogen (secondary N) is 1. The molecule has 0 aromatic heterocycles. The molecule has 1 aliphatic carbocycles. The van der Waals surface area contributed by atoms with E-state index < -0.39 is 5.54 Å². The third kappa shape index (κ3) is 3.85. The van der Waals surface area contributed by atoms with Crippen molar-refractivity contribution in [3.8, 4) is 5.75 Å². The average molecular weight is 284 g/mol. The highest BCUT2D eigenvalue weighted by Gasteiger charge is 2.42. The first-order valence-corrected chi connectivity index (χ1v) is 6.71. The molecule has 1 atom stereocenters. The fourth-order valence-corrected chi connectivity index (χ4v) is 2.15. The predicted octanol–water partition coefficient (Wildman–Crippen LogP) is 2.00. The van der Waals surface area contributed by atoms with Crippen LogP contribution in [0.3, 0.4) is 0 Å². The van der Waals surface area contributed by atoms with Crippen molar-refractivity contribution in [1.82, 2.24) is 5.32 Å². The molecule has 4 nitrogen and oxygen atoms in total. The van der Waals surface area contributed by atoms with Gasteiger partial charge < -0.3 is 15.2 Å². The number of carbonyl (C=O) groups excluding carboxylic acids is 1. The molecule has 19 heavy (non-hydrogen) atoms. The van der Waals surface area contributed by atoms with Gasteiger partial charge in [0.1, 0.15) is 5.75 Å². The Morgan fingerprint density at radius 2 is 2.11 bits per heavy atom. The molecule has 1 amide bonds. The van der Waals surface area contributed by atoms with Gasteiger partial charge in [-0.05, 0) is 49.9 Å². The van der Waals surface area contributed by atoms with Gasteiger partial charge in [0.25, 0.3) is 5.91 Å². The Kier molecular flexibility index (Phi) is 4.32. The van der Waals surface area contributed by atoms with Gasteiger partial charge in [-0.15, -0.1) is 0 Å². The van der Waals surface area contributed by atoms with Crippen molar-refractivity contribution in [2.24, 2.45) is 5.92 Å². The van der Waals surface area contributed by atoms with Crippen molar-refractivity contribution in [3.63, 3.8) is 0 Å². The monoisotopic (exact) mass is 283 g/mol. The summed E-state index contributed by atoms with van der Waals surface area (Å²) < 4.78 is 5.36. The number of rotatable bonds is 6. The lowest BCUT2D eigenvalue weighted by Crippen LogP contribution is -2.52. The minimum Gasteiger partial charge on any atom is -0.484 e. The average Bonchev–Trinajstić information content (AvgIpc) is 3.22. The number of halogens is 1. The number of carbonyl (C=O) groups is 1. The molecule has 1 unspecified atom stereocenters. The lowest BCUT2D eigenvalue weighted by Gasteiger charge is -2.28. The second-order valence-corrected chi connectivity index (χ2v) is 5.58. The van der Waals surface area contributed by atoms with Crippen LogP contribution in [0.1, 0.15) is 19.8 Å². The number of hydrogen-bond acceptors (Lipinski definition) is 3. The number of aliphatic hydroxyl groups is 1. The fourth-order valence-electron chi connectivity index (χ4n) is 2.03. The molecule has 0 bridgehead atoms. The van der Waals surface area contributed by atoms with Gasteiger partial charge in [-0.2, -0.15) is 0 Å². The quantitative estimate of drug-likeness (QED) is 0.839. The molecule has 1 aromatic carbocycles. The van der Waals surface area contributed by atoms with Crippen LogP contribution in [-0.4, -0.2) is 29.8 Å². The maximum Gasteiger partial charge on any atom is 0.258 e. The Morgan fingerprint density at radius 1 is 1.47 bits per heavy atom. The van der Waals surface area contributed by atoms with Gasteiger partial charge in [-0.1, -0.05) is 11.6 Å². The summed E-state index contributed by atoms with van der Waals surface area (Å²) in [5, 5.41) is 12.9. The first-order chi connectivity index (χ1) is 9.03. The van der Waals surface area contributed by atoms with Crippen molar-refractivity contribution in [2.45, 2.75) is 25.3 Å². The molecule has 0 spiro atoms. The summed E-state index contributed by atoms with van der Waals surface area (Å²) in [7, 11) is 0. The van der Waals surface area contributed by atoms with Crippen LogP contribution in [0.25, 0.3) is 0 Å². The Labute approximate surface area is 117 Å². The van der Waals surface area contributed by atoms with Gasteiger partial charge in [0.2, 0.25) is 0 Å². The third-order valence-corrected chi connectivity index (χ3v) is 3.67. The van der Waals surface area contributed by atoms with Crippen molar-refractivity contribution in [3.05, 3.63) is 29.3 Å². The van der Waals surface area contributed by atoms with Crippen molar-refractivity contribution < 1.29 is 14.6 Å². The molecule has 0 heterocycles. The molecule has 104 valence electrons. The molecule has 1 fully saturated rings. The van der Waals surface area contributed by atoms with E-state index in [1.165, 1.54) is 0 Å². The van der Waals surface area contributed by atoms with E-state index >= 15 is 0 Å². The summed E-state index contributed by atoms with van der Waals surface area (Å²) in [6.07, 6.45) is 2.10. The van der Waals surface area contributed by atoms with Gasteiger partial charge in [0.15, 0.2) is 6.61 Å². The smallest absolute Gasteiger partial charge is 0.258 e. The molecule has 0 radical (unpaired) electrons. The van der Waals surface area contributed by atoms with E-state index in [-0.39, 0.29) is 19.1 Å². The standard InChI is InChI=1S/C14H18ClNO3/c1-14(9-17,10-2-3-10)16-13(18)8-19-12-6-4-11(15)5-7-12/h4-7,10,17H,2-3,8-9H2,1H3,(H,16,18). The van der Waals surface area contributed by atoms with Crippen LogP contribution < -0.4 is 10.1 Å². The lowest BCUT2D eigenvalue weighted by atomic mass is 9.97. The highest BCUT2D eigenvalue weighted by atomic mass is 35.5. The molecule has 1 saturated carbocycles. The van der Waals surface area contributed by atoms with Crippen LogP contribution in [0.5, 0.6) is 5.75 Å². The van der Waals surface area contributed by atoms with Crippen molar-refractivity contribution in [2.75, 3.05) is 13.2 Å². The second-order valence-electron chi connectivity index (χ2n) is 5.14. The molecule has 0 saturated heterocycles. The van der Waals surface area contributed by atoms with Crippen LogP contribution in [0.15, 0.2) is 24.3 Å². The first-order valence-electron chi connectivity index (χ1n) is 6.34. The van der Waals surface area contributed by atoms with E-state index in [2.05, 4.69) is 5.32 Å². The summed E-state index contributed by atoms with van der Waals surface area (Å²) in [5.41, 5.74) is -0.527. The topological polar surface area (TPSA) is 58.6 Å². The Bertz CT molecular complexity index is 445. The van der Waals surface area contributed by atoms with Crippen LogP contribution in [0.4, 0.5) is 0 Å². The normalized spacial score (nSPS) is 17.6. The van der Waals surface area contributed by atoms with Gasteiger partial charge in [0.05, 0.1) is 12.1 Å². The first kappa shape index (κ1) is 14.2. The zero-order chi connectivity index (χ0) is 13.9. The predicted molar refractivity (Wildman–Crippen MR) is 73.3 cm³/mol. The lowest BCUT2D eigenvalue weighted by molar-refractivity contribution is -0.125. The Morgan fingerprint density at radius 3 is 2.63 bits per heavy atom. The van der Waals surface area contributed by atoms with Gasteiger partial charge in [-0.3, -0.25) is 4.79 Å². The maximum absolute atomic E-state index is 11.8. The molecule has 1 aromatic rings.